The number of nitrogen functional groups attached to an aromatic ring is 1. The first-order valence-corrected chi connectivity index (χ1v) is 12.5. The Kier molecular flexibility index (Phi) is 5.60. The van der Waals surface area contributed by atoms with Crippen LogP contribution in [0.2, 0.25) is 0 Å². The van der Waals surface area contributed by atoms with E-state index < -0.39 is 54.3 Å². The average molecular weight is 505 g/mol. The predicted molar refractivity (Wildman–Crippen MR) is 93.3 cm³/mol. The summed E-state index contributed by atoms with van der Waals surface area (Å²) in [6, 6.07) is 0. The van der Waals surface area contributed by atoms with Gasteiger partial charge in [-0.2, -0.15) is 4.31 Å². The third-order valence-electron chi connectivity index (χ3n) is 4.12. The molecular weight excluding hydrogens is 491 g/mol. The molecule has 0 aromatic carbocycles. The van der Waals surface area contributed by atoms with Gasteiger partial charge in [0.2, 0.25) is 6.29 Å². The highest BCUT2D eigenvalue weighted by molar-refractivity contribution is 7.61. The zero-order valence-corrected chi connectivity index (χ0v) is 17.4. The molecule has 0 aliphatic carbocycles. The maximum absolute atomic E-state index is 11.8. The molecule has 0 spiro atoms. The topological polar surface area (TPSA) is 268 Å². The van der Waals surface area contributed by atoms with Crippen molar-refractivity contribution in [1.82, 2.24) is 19.5 Å². The zero-order valence-electron chi connectivity index (χ0n) is 14.8. The van der Waals surface area contributed by atoms with Crippen LogP contribution in [0.3, 0.4) is 0 Å². The molecule has 4 heterocycles. The van der Waals surface area contributed by atoms with Crippen molar-refractivity contribution >= 4 is 40.4 Å². The molecule has 172 valence electrons. The normalized spacial score (nSPS) is 39.2. The molecule has 2 aliphatic rings. The van der Waals surface area contributed by atoms with E-state index in [-0.39, 0.29) is 17.0 Å². The van der Waals surface area contributed by atoms with Crippen LogP contribution in [0.4, 0.5) is 5.82 Å². The molecule has 21 heteroatoms. The SMILES string of the molecule is Nc1ncnc2c1ncn2[C@@H]1O[C@H](C2OP(=O)(O)OP(=O)(O)O2)[C@@H](OP(=O)(O)O)[C@H]1O. The monoisotopic (exact) mass is 505 g/mol. The zero-order chi connectivity index (χ0) is 22.8. The molecule has 2 aliphatic heterocycles. The highest BCUT2D eigenvalue weighted by Gasteiger charge is 2.58. The number of ether oxygens (including phenoxy) is 1. The number of phosphoric acid groups is 3. The van der Waals surface area contributed by atoms with Crippen LogP contribution in [0.5, 0.6) is 0 Å². The first-order chi connectivity index (χ1) is 14.3. The van der Waals surface area contributed by atoms with Crippen molar-refractivity contribution in [3.63, 3.8) is 0 Å². The van der Waals surface area contributed by atoms with E-state index in [9.17, 15) is 38.4 Å². The molecule has 0 radical (unpaired) electrons. The van der Waals surface area contributed by atoms with Gasteiger partial charge in [-0.05, 0) is 0 Å². The minimum absolute atomic E-state index is 0.0191. The minimum atomic E-state index is -5.28. The number of rotatable bonds is 4. The lowest BCUT2D eigenvalue weighted by Crippen LogP contribution is -2.43. The predicted octanol–water partition coefficient (Wildman–Crippen LogP) is -1.27. The Morgan fingerprint density at radius 3 is 2.42 bits per heavy atom. The van der Waals surface area contributed by atoms with E-state index in [2.05, 4.69) is 32.8 Å². The van der Waals surface area contributed by atoms with E-state index in [4.69, 9.17) is 10.5 Å². The summed E-state index contributed by atoms with van der Waals surface area (Å²) >= 11 is 0. The summed E-state index contributed by atoms with van der Waals surface area (Å²) < 4.78 is 59.0. The van der Waals surface area contributed by atoms with Crippen LogP contribution in [0.1, 0.15) is 6.23 Å². The number of anilines is 1. The summed E-state index contributed by atoms with van der Waals surface area (Å²) in [6.45, 7) is 0. The van der Waals surface area contributed by atoms with Crippen LogP contribution in [0.25, 0.3) is 11.2 Å². The summed E-state index contributed by atoms with van der Waals surface area (Å²) in [5.41, 5.74) is 5.84. The Morgan fingerprint density at radius 1 is 1.16 bits per heavy atom. The Morgan fingerprint density at radius 2 is 1.81 bits per heavy atom. The fourth-order valence-corrected chi connectivity index (χ4v) is 5.86. The number of aromatic nitrogens is 4. The fourth-order valence-electron chi connectivity index (χ4n) is 3.03. The number of hydrogen-bond acceptors (Lipinski definition) is 13. The van der Waals surface area contributed by atoms with Crippen LogP contribution in [-0.2, 0) is 36.3 Å². The quantitative estimate of drug-likeness (QED) is 0.264. The molecule has 31 heavy (non-hydrogen) atoms. The fraction of sp³-hybridized carbons (Fsp3) is 0.500. The first kappa shape index (κ1) is 22.8. The summed E-state index contributed by atoms with van der Waals surface area (Å²) in [5.74, 6) is -0.0191. The van der Waals surface area contributed by atoms with Gasteiger partial charge in [0.1, 0.15) is 30.2 Å². The first-order valence-electron chi connectivity index (χ1n) is 8.00. The van der Waals surface area contributed by atoms with Crippen LogP contribution in [0, 0.1) is 0 Å². The van der Waals surface area contributed by atoms with Crippen LogP contribution >= 0.6 is 23.5 Å². The summed E-state index contributed by atoms with van der Waals surface area (Å²) in [7, 11) is -15.6. The second-order valence-corrected chi connectivity index (χ2v) is 10.4. The van der Waals surface area contributed by atoms with Gasteiger partial charge in [0, 0.05) is 0 Å². The van der Waals surface area contributed by atoms with Crippen molar-refractivity contribution < 1.29 is 61.0 Å². The lowest BCUT2D eigenvalue weighted by molar-refractivity contribution is -0.164. The van der Waals surface area contributed by atoms with Crippen LogP contribution in [-0.4, -0.2) is 68.8 Å². The second kappa shape index (κ2) is 7.60. The van der Waals surface area contributed by atoms with Gasteiger partial charge in [0.15, 0.2) is 17.7 Å². The average Bonchev–Trinajstić information content (AvgIpc) is 3.14. The van der Waals surface area contributed by atoms with Crippen LogP contribution < -0.4 is 5.73 Å². The third kappa shape index (κ3) is 4.58. The largest absolute Gasteiger partial charge is 0.483 e. The van der Waals surface area contributed by atoms with Gasteiger partial charge in [0.25, 0.3) is 0 Å². The number of nitrogens with two attached hydrogens (primary N) is 1. The number of hydrogen-bond donors (Lipinski definition) is 6. The van der Waals surface area contributed by atoms with E-state index in [0.29, 0.717) is 0 Å². The van der Waals surface area contributed by atoms with Crippen LogP contribution in [0.15, 0.2) is 12.7 Å². The number of aliphatic hydroxyl groups excluding tert-OH is 1. The Bertz CT molecular complexity index is 1130. The summed E-state index contributed by atoms with van der Waals surface area (Å²) in [5, 5.41) is 10.7. The van der Waals surface area contributed by atoms with Gasteiger partial charge in [0.05, 0.1) is 6.33 Å². The molecule has 18 nitrogen and oxygen atoms in total. The number of imidazole rings is 1. The van der Waals surface area contributed by atoms with E-state index in [0.717, 1.165) is 17.2 Å². The molecule has 0 bridgehead atoms. The molecule has 0 saturated carbocycles. The van der Waals surface area contributed by atoms with Crippen molar-refractivity contribution in [1.29, 1.82) is 0 Å². The minimum Gasteiger partial charge on any atom is -0.386 e. The summed E-state index contributed by atoms with van der Waals surface area (Å²) in [4.78, 5) is 49.0. The molecule has 2 saturated heterocycles. The Balaban J connectivity index is 1.73. The number of fused-ring (bicyclic) bond motifs is 1. The molecule has 6 atom stereocenters. The number of aliphatic hydroxyl groups is 1. The van der Waals surface area contributed by atoms with Crippen molar-refractivity contribution in [2.45, 2.75) is 30.8 Å². The number of nitrogens with zero attached hydrogens (tertiary/aromatic N) is 4. The van der Waals surface area contributed by atoms with Gasteiger partial charge >= 0.3 is 23.5 Å². The maximum atomic E-state index is 11.8. The van der Waals surface area contributed by atoms with Gasteiger partial charge in [-0.25, -0.2) is 28.6 Å². The Labute approximate surface area is 171 Å². The lowest BCUT2D eigenvalue weighted by Gasteiger charge is -2.33. The summed E-state index contributed by atoms with van der Waals surface area (Å²) in [6.07, 6.45) is -7.34. The van der Waals surface area contributed by atoms with E-state index >= 15 is 0 Å². The molecule has 2 aromatic heterocycles. The Hall–Kier alpha value is -1.36. The lowest BCUT2D eigenvalue weighted by atomic mass is 10.1. The highest BCUT2D eigenvalue weighted by Crippen LogP contribution is 2.67. The standard InChI is InChI=1S/C10H14N5O13P3/c11-7-3-8(13-1-12-7)15(2-14-3)9-4(16)5(25-29(17,18)19)6(24-9)10-26-30(20,21)28-31(22,23)27-10/h1-2,4-6,9-10,16H,(H,20,21)(H,22,23)(H2,11,12,13)(H2,17,18,19)/t4-,5+,6+,9-/m1/s1. The molecule has 0 amide bonds. The third-order valence-corrected chi connectivity index (χ3v) is 7.24. The number of phosphoric ester groups is 3. The molecule has 7 N–H and O–H groups in total. The smallest absolute Gasteiger partial charge is 0.386 e. The molecular formula is C10H14N5O13P3. The van der Waals surface area contributed by atoms with Gasteiger partial charge in [-0.15, -0.1) is 0 Å². The molecule has 4 rings (SSSR count). The second-order valence-electron chi connectivity index (χ2n) is 6.22. The van der Waals surface area contributed by atoms with E-state index in [1.54, 1.807) is 0 Å². The van der Waals surface area contributed by atoms with Crippen molar-refractivity contribution in [2.24, 2.45) is 0 Å². The van der Waals surface area contributed by atoms with Crippen molar-refractivity contribution in [2.75, 3.05) is 5.73 Å². The van der Waals surface area contributed by atoms with E-state index in [1.807, 2.05) is 0 Å². The van der Waals surface area contributed by atoms with E-state index in [1.165, 1.54) is 0 Å². The van der Waals surface area contributed by atoms with Crippen molar-refractivity contribution in [3.05, 3.63) is 12.7 Å². The molecule has 2 aromatic rings. The van der Waals surface area contributed by atoms with Gasteiger partial charge in [-0.3, -0.25) is 18.1 Å². The van der Waals surface area contributed by atoms with Crippen molar-refractivity contribution in [3.8, 4) is 0 Å². The highest BCUT2D eigenvalue weighted by atomic mass is 31.3. The molecule has 2 unspecified atom stereocenters. The van der Waals surface area contributed by atoms with Gasteiger partial charge < -0.3 is 35.2 Å². The van der Waals surface area contributed by atoms with Gasteiger partial charge in [-0.1, -0.05) is 0 Å². The molecule has 2 fully saturated rings. The maximum Gasteiger partial charge on any atom is 0.483 e.